The molecule has 2 saturated carbocycles. The number of nitrogens with zero attached hydrogens (tertiary/aromatic N) is 2. The minimum Gasteiger partial charge on any atom is -0.445 e. The van der Waals surface area contributed by atoms with E-state index in [2.05, 4.69) is 20.3 Å². The Bertz CT molecular complexity index is 1770. The van der Waals surface area contributed by atoms with Gasteiger partial charge in [0.2, 0.25) is 21.8 Å². The molecule has 1 aromatic heterocycles. The fourth-order valence-corrected chi connectivity index (χ4v) is 7.75. The maximum atomic E-state index is 14.3. The Morgan fingerprint density at radius 3 is 2.63 bits per heavy atom. The SMILES string of the molecule is CC(C)(C)OC(=O)N[C@H]1CCCCCC=C[C@@H]2C[C@@]2(C(=O)NS(=O)(=O)C2CC2)NC(=O)[C@@H]2C[C@@H](Oc3nc4cccc(F)c4o3)CN2C1=O. The van der Waals surface area contributed by atoms with Crippen molar-refractivity contribution in [3.05, 3.63) is 36.2 Å². The van der Waals surface area contributed by atoms with Crippen LogP contribution in [0.4, 0.5) is 9.18 Å². The second-order valence-corrected chi connectivity index (χ2v) is 16.2. The molecule has 0 bridgehead atoms. The van der Waals surface area contributed by atoms with E-state index < -0.39 is 80.2 Å². The lowest BCUT2D eigenvalue weighted by atomic mass is 10.0. The smallest absolute Gasteiger partial charge is 0.408 e. The summed E-state index contributed by atoms with van der Waals surface area (Å²) in [4.78, 5) is 60.2. The number of alkyl carbamates (subject to hydrolysis) is 1. The normalized spacial score (nSPS) is 28.0. The van der Waals surface area contributed by atoms with Crippen molar-refractivity contribution in [2.24, 2.45) is 5.92 Å². The first-order valence-electron chi connectivity index (χ1n) is 16.7. The number of rotatable bonds is 6. The zero-order chi connectivity index (χ0) is 35.1. The van der Waals surface area contributed by atoms with Crippen LogP contribution in [0.15, 0.2) is 34.8 Å². The fourth-order valence-electron chi connectivity index (χ4n) is 6.39. The van der Waals surface area contributed by atoms with Gasteiger partial charge >= 0.3 is 12.2 Å². The van der Waals surface area contributed by atoms with E-state index in [0.29, 0.717) is 25.7 Å². The average molecular weight is 704 g/mol. The van der Waals surface area contributed by atoms with Gasteiger partial charge in [0.25, 0.3) is 5.91 Å². The molecule has 3 fully saturated rings. The number of aromatic nitrogens is 1. The van der Waals surface area contributed by atoms with Gasteiger partial charge in [-0.2, -0.15) is 4.98 Å². The van der Waals surface area contributed by atoms with Crippen molar-refractivity contribution < 1.29 is 45.9 Å². The first kappa shape index (κ1) is 34.6. The maximum Gasteiger partial charge on any atom is 0.408 e. The maximum absolute atomic E-state index is 14.3. The Kier molecular flexibility index (Phi) is 9.37. The number of ether oxygens (including phenoxy) is 2. The predicted molar refractivity (Wildman–Crippen MR) is 173 cm³/mol. The molecule has 266 valence electrons. The average Bonchev–Trinajstić information content (AvgIpc) is 3.90. The van der Waals surface area contributed by atoms with E-state index in [1.807, 2.05) is 12.2 Å². The van der Waals surface area contributed by atoms with Crippen molar-refractivity contribution >= 4 is 44.9 Å². The summed E-state index contributed by atoms with van der Waals surface area (Å²) in [6.45, 7) is 4.98. The number of oxazole rings is 1. The molecule has 5 atom stereocenters. The molecule has 3 heterocycles. The minimum absolute atomic E-state index is 0.0590. The van der Waals surface area contributed by atoms with Crippen LogP contribution in [0.3, 0.4) is 0 Å². The lowest BCUT2D eigenvalue weighted by Gasteiger charge is -2.30. The van der Waals surface area contributed by atoms with Gasteiger partial charge in [-0.05, 0) is 71.4 Å². The zero-order valence-electron chi connectivity index (χ0n) is 27.7. The second kappa shape index (κ2) is 13.2. The summed E-state index contributed by atoms with van der Waals surface area (Å²) in [5.41, 5.74) is -2.24. The van der Waals surface area contributed by atoms with E-state index >= 15 is 0 Å². The van der Waals surface area contributed by atoms with Gasteiger partial charge in [0.05, 0.1) is 11.8 Å². The van der Waals surface area contributed by atoms with Crippen molar-refractivity contribution in [3.63, 3.8) is 0 Å². The number of hydrogen-bond donors (Lipinski definition) is 3. The number of allylic oxidation sites excluding steroid dienone is 1. The molecule has 2 aliphatic heterocycles. The molecule has 16 heteroatoms. The molecule has 0 unspecified atom stereocenters. The molecule has 2 aromatic rings. The molecule has 0 radical (unpaired) electrons. The molecular formula is C33H42FN5O9S. The second-order valence-electron chi connectivity index (χ2n) is 14.3. The third-order valence-electron chi connectivity index (χ3n) is 9.15. The topological polar surface area (TPSA) is 186 Å². The summed E-state index contributed by atoms with van der Waals surface area (Å²) in [6.07, 6.45) is 5.93. The molecule has 1 saturated heterocycles. The summed E-state index contributed by atoms with van der Waals surface area (Å²) in [5.74, 6) is -3.16. The highest BCUT2D eigenvalue weighted by Crippen LogP contribution is 2.46. The fraction of sp³-hybridized carbons (Fsp3) is 0.606. The van der Waals surface area contributed by atoms with Gasteiger partial charge < -0.3 is 29.4 Å². The number of sulfonamides is 1. The van der Waals surface area contributed by atoms with Crippen LogP contribution < -0.4 is 20.1 Å². The highest BCUT2D eigenvalue weighted by atomic mass is 32.2. The quantitative estimate of drug-likeness (QED) is 0.377. The van der Waals surface area contributed by atoms with Crippen molar-refractivity contribution in [2.75, 3.05) is 6.54 Å². The van der Waals surface area contributed by atoms with Crippen molar-refractivity contribution in [1.29, 1.82) is 0 Å². The first-order valence-corrected chi connectivity index (χ1v) is 18.3. The number of amides is 4. The van der Waals surface area contributed by atoms with E-state index in [9.17, 15) is 32.0 Å². The van der Waals surface area contributed by atoms with Crippen LogP contribution >= 0.6 is 0 Å². The minimum atomic E-state index is -3.90. The molecule has 4 aliphatic rings. The highest BCUT2D eigenvalue weighted by Gasteiger charge is 2.62. The Labute approximate surface area is 283 Å². The summed E-state index contributed by atoms with van der Waals surface area (Å²) in [6, 6.07) is 2.01. The van der Waals surface area contributed by atoms with Crippen LogP contribution in [0.2, 0.25) is 0 Å². The molecule has 2 aliphatic carbocycles. The molecule has 0 spiro atoms. The predicted octanol–water partition coefficient (Wildman–Crippen LogP) is 3.21. The molecule has 1 aromatic carbocycles. The monoisotopic (exact) mass is 703 g/mol. The van der Waals surface area contributed by atoms with E-state index in [0.717, 1.165) is 12.8 Å². The van der Waals surface area contributed by atoms with Gasteiger partial charge in [0.15, 0.2) is 11.4 Å². The standard InChI is InChI=1S/C33H42FN5O9S/c1-32(2,3)48-30(43)35-24-12-8-6-4-5-7-10-19-17-33(19,29(42)38-49(44,45)21-14-15-21)37-27(40)25-16-20(18-39(25)28(24)41)46-31-36-23-13-9-11-22(34)26(23)47-31/h7,9-11,13,19-21,24-25H,4-6,8,12,14-18H2,1-3H3,(H,35,43)(H,37,40)(H,38,42)/t19-,20-,24+,25+,33-/m1/s1. The molecule has 4 amide bonds. The molecule has 3 N–H and O–H groups in total. The summed E-state index contributed by atoms with van der Waals surface area (Å²) in [5, 5.41) is 4.83. The summed E-state index contributed by atoms with van der Waals surface area (Å²) >= 11 is 0. The van der Waals surface area contributed by atoms with E-state index in [1.165, 1.54) is 17.0 Å². The highest BCUT2D eigenvalue weighted by molar-refractivity contribution is 7.91. The van der Waals surface area contributed by atoms with Gasteiger partial charge in [-0.15, -0.1) is 0 Å². The molecule has 14 nitrogen and oxygen atoms in total. The number of hydrogen-bond acceptors (Lipinski definition) is 10. The molecular weight excluding hydrogens is 661 g/mol. The number of carbonyl (C=O) groups is 4. The van der Waals surface area contributed by atoms with Crippen LogP contribution in [-0.2, 0) is 29.1 Å². The van der Waals surface area contributed by atoms with Crippen LogP contribution in [0.25, 0.3) is 11.1 Å². The third kappa shape index (κ3) is 7.84. The Balaban J connectivity index is 1.29. The van der Waals surface area contributed by atoms with E-state index in [-0.39, 0.29) is 43.0 Å². The van der Waals surface area contributed by atoms with Crippen molar-refractivity contribution in [3.8, 4) is 6.08 Å². The van der Waals surface area contributed by atoms with Gasteiger partial charge in [-0.1, -0.05) is 31.1 Å². The third-order valence-corrected chi connectivity index (χ3v) is 11.0. The van der Waals surface area contributed by atoms with Crippen LogP contribution in [0, 0.1) is 11.7 Å². The van der Waals surface area contributed by atoms with Crippen molar-refractivity contribution in [2.45, 2.75) is 113 Å². The Hall–Kier alpha value is -4.21. The van der Waals surface area contributed by atoms with Crippen LogP contribution in [-0.4, -0.2) is 83.2 Å². The largest absolute Gasteiger partial charge is 0.445 e. The van der Waals surface area contributed by atoms with Gasteiger partial charge in [-0.3, -0.25) is 19.1 Å². The van der Waals surface area contributed by atoms with E-state index in [4.69, 9.17) is 13.9 Å². The zero-order valence-corrected chi connectivity index (χ0v) is 28.5. The van der Waals surface area contributed by atoms with Crippen molar-refractivity contribution in [1.82, 2.24) is 25.2 Å². The van der Waals surface area contributed by atoms with Gasteiger partial charge in [-0.25, -0.2) is 17.6 Å². The Morgan fingerprint density at radius 1 is 1.14 bits per heavy atom. The number of carbonyl (C=O) groups excluding carboxylic acids is 4. The summed E-state index contributed by atoms with van der Waals surface area (Å²) < 4.78 is 58.8. The Morgan fingerprint density at radius 2 is 1.92 bits per heavy atom. The van der Waals surface area contributed by atoms with Crippen LogP contribution in [0.1, 0.15) is 78.6 Å². The van der Waals surface area contributed by atoms with E-state index in [1.54, 1.807) is 26.8 Å². The van der Waals surface area contributed by atoms with Crippen LogP contribution in [0.5, 0.6) is 6.08 Å². The number of nitrogens with one attached hydrogen (secondary N) is 3. The lowest BCUT2D eigenvalue weighted by Crippen LogP contribution is -2.58. The number of para-hydroxylation sites is 1. The number of benzene rings is 1. The molecule has 49 heavy (non-hydrogen) atoms. The van der Waals surface area contributed by atoms with Gasteiger partial charge in [0, 0.05) is 12.3 Å². The number of halogens is 1. The summed E-state index contributed by atoms with van der Waals surface area (Å²) in [7, 11) is -3.90. The lowest BCUT2D eigenvalue weighted by molar-refractivity contribution is -0.141. The van der Waals surface area contributed by atoms with Gasteiger partial charge in [0.1, 0.15) is 34.8 Å². The molecule has 6 rings (SSSR count). The first-order chi connectivity index (χ1) is 23.1. The number of fused-ring (bicyclic) bond motifs is 3.